The highest BCUT2D eigenvalue weighted by Gasteiger charge is 2.14. The molecule has 86 valence electrons. The van der Waals surface area contributed by atoms with Gasteiger partial charge < -0.3 is 5.32 Å². The summed E-state index contributed by atoms with van der Waals surface area (Å²) in [6, 6.07) is 3.78. The number of hydrogen-bond acceptors (Lipinski definition) is 2. The first kappa shape index (κ1) is 12.4. The molecule has 0 radical (unpaired) electrons. The number of carbonyl (C=O) groups excluding carboxylic acids is 1. The number of pyridine rings is 1. The SMILES string of the molecule is C=C(CC)C(C)C(=O)NCc1ccncc1. The van der Waals surface area contributed by atoms with Crippen LogP contribution in [0, 0.1) is 5.92 Å². The van der Waals surface area contributed by atoms with Gasteiger partial charge >= 0.3 is 0 Å². The summed E-state index contributed by atoms with van der Waals surface area (Å²) in [5.74, 6) is -0.0875. The lowest BCUT2D eigenvalue weighted by Gasteiger charge is -2.13. The Bertz CT molecular complexity index is 359. The Balaban J connectivity index is 2.44. The first-order valence-electron chi connectivity index (χ1n) is 5.49. The molecule has 1 N–H and O–H groups in total. The quantitative estimate of drug-likeness (QED) is 0.770. The molecular weight excluding hydrogens is 200 g/mol. The monoisotopic (exact) mass is 218 g/mol. The molecular formula is C13H18N2O. The number of carbonyl (C=O) groups is 1. The van der Waals surface area contributed by atoms with Gasteiger partial charge in [0.05, 0.1) is 5.92 Å². The Labute approximate surface area is 96.6 Å². The highest BCUT2D eigenvalue weighted by molar-refractivity contribution is 5.80. The predicted molar refractivity (Wildman–Crippen MR) is 64.7 cm³/mol. The molecule has 1 aromatic rings. The molecule has 1 heterocycles. The average molecular weight is 218 g/mol. The van der Waals surface area contributed by atoms with Gasteiger partial charge in [0, 0.05) is 18.9 Å². The third kappa shape index (κ3) is 3.50. The Hall–Kier alpha value is -1.64. The fourth-order valence-corrected chi connectivity index (χ4v) is 1.33. The Morgan fingerprint density at radius 2 is 2.12 bits per heavy atom. The summed E-state index contributed by atoms with van der Waals surface area (Å²) in [5, 5.41) is 2.89. The van der Waals surface area contributed by atoms with Crippen molar-refractivity contribution < 1.29 is 4.79 Å². The highest BCUT2D eigenvalue weighted by atomic mass is 16.1. The first-order chi connectivity index (χ1) is 7.65. The van der Waals surface area contributed by atoms with Crippen molar-refractivity contribution in [3.8, 4) is 0 Å². The zero-order valence-corrected chi connectivity index (χ0v) is 9.86. The van der Waals surface area contributed by atoms with Gasteiger partial charge in [0.1, 0.15) is 0 Å². The van der Waals surface area contributed by atoms with Gasteiger partial charge in [0.15, 0.2) is 0 Å². The summed E-state index contributed by atoms with van der Waals surface area (Å²) in [7, 11) is 0. The van der Waals surface area contributed by atoms with E-state index in [-0.39, 0.29) is 11.8 Å². The lowest BCUT2D eigenvalue weighted by molar-refractivity contribution is -0.123. The molecule has 0 aliphatic heterocycles. The third-order valence-electron chi connectivity index (χ3n) is 2.68. The summed E-state index contributed by atoms with van der Waals surface area (Å²) in [4.78, 5) is 15.7. The minimum Gasteiger partial charge on any atom is -0.352 e. The van der Waals surface area contributed by atoms with E-state index in [1.54, 1.807) is 12.4 Å². The minimum atomic E-state index is -0.119. The number of hydrogen-bond donors (Lipinski definition) is 1. The Morgan fingerprint density at radius 3 is 2.69 bits per heavy atom. The molecule has 0 fully saturated rings. The van der Waals surface area contributed by atoms with Crippen LogP contribution in [-0.2, 0) is 11.3 Å². The summed E-state index contributed by atoms with van der Waals surface area (Å²) >= 11 is 0. The maximum atomic E-state index is 11.7. The summed E-state index contributed by atoms with van der Waals surface area (Å²) in [6.45, 7) is 8.31. The fraction of sp³-hybridized carbons (Fsp3) is 0.385. The first-order valence-corrected chi connectivity index (χ1v) is 5.49. The van der Waals surface area contributed by atoms with Crippen molar-refractivity contribution in [2.45, 2.75) is 26.8 Å². The van der Waals surface area contributed by atoms with E-state index in [2.05, 4.69) is 16.9 Å². The van der Waals surface area contributed by atoms with E-state index in [1.165, 1.54) is 0 Å². The van der Waals surface area contributed by atoms with E-state index in [0.717, 1.165) is 17.6 Å². The van der Waals surface area contributed by atoms with Crippen molar-refractivity contribution in [3.05, 3.63) is 42.2 Å². The van der Waals surface area contributed by atoms with Crippen molar-refractivity contribution in [1.29, 1.82) is 0 Å². The normalized spacial score (nSPS) is 11.9. The van der Waals surface area contributed by atoms with Gasteiger partial charge in [-0.05, 0) is 31.0 Å². The highest BCUT2D eigenvalue weighted by Crippen LogP contribution is 2.11. The van der Waals surface area contributed by atoms with Crippen LogP contribution in [0.1, 0.15) is 25.8 Å². The molecule has 0 bridgehead atoms. The molecule has 1 aromatic heterocycles. The number of rotatable bonds is 5. The summed E-state index contributed by atoms with van der Waals surface area (Å²) < 4.78 is 0. The van der Waals surface area contributed by atoms with Crippen LogP contribution in [0.5, 0.6) is 0 Å². The molecule has 3 heteroatoms. The van der Waals surface area contributed by atoms with Gasteiger partial charge in [-0.3, -0.25) is 9.78 Å². The van der Waals surface area contributed by atoms with Gasteiger partial charge in [0.25, 0.3) is 0 Å². The summed E-state index contributed by atoms with van der Waals surface area (Å²) in [5.41, 5.74) is 2.02. The molecule has 0 saturated carbocycles. The molecule has 0 aliphatic rings. The van der Waals surface area contributed by atoms with Crippen molar-refractivity contribution in [1.82, 2.24) is 10.3 Å². The number of amides is 1. The average Bonchev–Trinajstić information content (AvgIpc) is 2.35. The largest absolute Gasteiger partial charge is 0.352 e. The van der Waals surface area contributed by atoms with Gasteiger partial charge in [-0.25, -0.2) is 0 Å². The van der Waals surface area contributed by atoms with Crippen LogP contribution in [0.3, 0.4) is 0 Å². The van der Waals surface area contributed by atoms with Crippen molar-refractivity contribution >= 4 is 5.91 Å². The fourth-order valence-electron chi connectivity index (χ4n) is 1.33. The van der Waals surface area contributed by atoms with Gasteiger partial charge in [0.2, 0.25) is 5.91 Å². The predicted octanol–water partition coefficient (Wildman–Crippen LogP) is 2.30. The van der Waals surface area contributed by atoms with E-state index in [1.807, 2.05) is 26.0 Å². The van der Waals surface area contributed by atoms with E-state index in [9.17, 15) is 4.79 Å². The number of aromatic nitrogens is 1. The Morgan fingerprint density at radius 1 is 1.50 bits per heavy atom. The lowest BCUT2D eigenvalue weighted by atomic mass is 10.00. The number of nitrogens with one attached hydrogen (secondary N) is 1. The summed E-state index contributed by atoms with van der Waals surface area (Å²) in [6.07, 6.45) is 4.27. The molecule has 1 amide bonds. The van der Waals surface area contributed by atoms with E-state index in [0.29, 0.717) is 6.54 Å². The Kier molecular flexibility index (Phi) is 4.70. The molecule has 1 unspecified atom stereocenters. The maximum absolute atomic E-state index is 11.7. The van der Waals surface area contributed by atoms with Gasteiger partial charge in [-0.2, -0.15) is 0 Å². The molecule has 1 atom stereocenters. The van der Waals surface area contributed by atoms with Crippen LogP contribution >= 0.6 is 0 Å². The minimum absolute atomic E-state index is 0.0312. The van der Waals surface area contributed by atoms with Crippen LogP contribution in [0.2, 0.25) is 0 Å². The van der Waals surface area contributed by atoms with Crippen LogP contribution in [0.25, 0.3) is 0 Å². The molecule has 3 nitrogen and oxygen atoms in total. The van der Waals surface area contributed by atoms with Gasteiger partial charge in [-0.1, -0.05) is 19.1 Å². The van der Waals surface area contributed by atoms with E-state index < -0.39 is 0 Å². The van der Waals surface area contributed by atoms with E-state index in [4.69, 9.17) is 0 Å². The topological polar surface area (TPSA) is 42.0 Å². The molecule has 16 heavy (non-hydrogen) atoms. The smallest absolute Gasteiger partial charge is 0.227 e. The van der Waals surface area contributed by atoms with Crippen LogP contribution in [0.15, 0.2) is 36.7 Å². The zero-order chi connectivity index (χ0) is 12.0. The zero-order valence-electron chi connectivity index (χ0n) is 9.86. The molecule has 0 aliphatic carbocycles. The van der Waals surface area contributed by atoms with Crippen LogP contribution < -0.4 is 5.32 Å². The second-order valence-corrected chi connectivity index (χ2v) is 3.81. The maximum Gasteiger partial charge on any atom is 0.227 e. The van der Waals surface area contributed by atoms with Crippen molar-refractivity contribution in [2.24, 2.45) is 5.92 Å². The second-order valence-electron chi connectivity index (χ2n) is 3.81. The molecule has 1 rings (SSSR count). The van der Waals surface area contributed by atoms with Crippen molar-refractivity contribution in [2.75, 3.05) is 0 Å². The standard InChI is InChI=1S/C13H18N2O/c1-4-10(2)11(3)13(16)15-9-12-5-7-14-8-6-12/h5-8,11H,2,4,9H2,1,3H3,(H,15,16). The third-order valence-corrected chi connectivity index (χ3v) is 2.68. The lowest BCUT2D eigenvalue weighted by Crippen LogP contribution is -2.29. The van der Waals surface area contributed by atoms with Gasteiger partial charge in [-0.15, -0.1) is 0 Å². The molecule has 0 saturated heterocycles. The van der Waals surface area contributed by atoms with Crippen LogP contribution in [0.4, 0.5) is 0 Å². The number of nitrogens with zero attached hydrogens (tertiary/aromatic N) is 1. The van der Waals surface area contributed by atoms with Crippen molar-refractivity contribution in [3.63, 3.8) is 0 Å². The van der Waals surface area contributed by atoms with E-state index >= 15 is 0 Å². The molecule has 0 aromatic carbocycles. The molecule has 0 spiro atoms. The van der Waals surface area contributed by atoms with Crippen LogP contribution in [-0.4, -0.2) is 10.9 Å². The second kappa shape index (κ2) is 6.05.